The Kier molecular flexibility index (Phi) is 4.68. The smallest absolute Gasteiger partial charge is 0.154 e. The molecule has 144 valence electrons. The van der Waals surface area contributed by atoms with Gasteiger partial charge in [-0.05, 0) is 40.3 Å². The summed E-state index contributed by atoms with van der Waals surface area (Å²) in [4.78, 5) is 17.3. The number of carbonyl (C=O) groups is 1. The minimum absolute atomic E-state index is 0.229. The van der Waals surface area contributed by atoms with Crippen molar-refractivity contribution in [3.8, 4) is 0 Å². The fourth-order valence-corrected chi connectivity index (χ4v) is 4.35. The lowest BCUT2D eigenvalue weighted by Crippen LogP contribution is -2.06. The zero-order valence-electron chi connectivity index (χ0n) is 16.3. The van der Waals surface area contributed by atoms with Crippen LogP contribution in [0.4, 0.5) is 0 Å². The van der Waals surface area contributed by atoms with Crippen LogP contribution < -0.4 is 0 Å². The first-order valence-electron chi connectivity index (χ1n) is 10.2. The summed E-state index contributed by atoms with van der Waals surface area (Å²) in [5.74, 6) is 2.25. The third-order valence-corrected chi connectivity index (χ3v) is 5.87. The molecule has 1 N–H and O–H groups in total. The maximum Gasteiger partial charge on any atom is 0.154 e. The van der Waals surface area contributed by atoms with Gasteiger partial charge in [-0.2, -0.15) is 5.10 Å². The monoisotopic (exact) mass is 381 g/mol. The van der Waals surface area contributed by atoms with Gasteiger partial charge in [0.05, 0.1) is 0 Å². The van der Waals surface area contributed by atoms with Gasteiger partial charge in [0.25, 0.3) is 0 Å². The van der Waals surface area contributed by atoms with E-state index < -0.39 is 0 Å². The summed E-state index contributed by atoms with van der Waals surface area (Å²) in [6.07, 6.45) is 3.53. The summed E-state index contributed by atoms with van der Waals surface area (Å²) in [5.41, 5.74) is 3.89. The topological polar surface area (TPSA) is 58.6 Å². The molecule has 0 aliphatic heterocycles. The van der Waals surface area contributed by atoms with Gasteiger partial charge in [-0.3, -0.25) is 9.89 Å². The van der Waals surface area contributed by atoms with Gasteiger partial charge in [-0.15, -0.1) is 0 Å². The van der Waals surface area contributed by atoms with Crippen molar-refractivity contribution >= 4 is 16.6 Å². The van der Waals surface area contributed by atoms with Crippen molar-refractivity contribution < 1.29 is 4.79 Å². The van der Waals surface area contributed by atoms with Gasteiger partial charge in [0.1, 0.15) is 11.6 Å². The Morgan fingerprint density at radius 3 is 2.48 bits per heavy atom. The van der Waals surface area contributed by atoms with E-state index in [-0.39, 0.29) is 5.78 Å². The molecule has 1 aliphatic carbocycles. The zero-order chi connectivity index (χ0) is 19.6. The molecular weight excluding hydrogens is 358 g/mol. The fourth-order valence-electron chi connectivity index (χ4n) is 4.35. The summed E-state index contributed by atoms with van der Waals surface area (Å²) < 4.78 is 0. The number of aromatic nitrogens is 3. The van der Waals surface area contributed by atoms with Crippen LogP contribution in [0.1, 0.15) is 40.7 Å². The highest BCUT2D eigenvalue weighted by atomic mass is 16.1. The molecule has 1 aromatic heterocycles. The summed E-state index contributed by atoms with van der Waals surface area (Å²) in [5, 5.41) is 9.82. The summed E-state index contributed by atoms with van der Waals surface area (Å²) >= 11 is 0. The van der Waals surface area contributed by atoms with Crippen LogP contribution in [0.3, 0.4) is 0 Å². The molecule has 0 saturated heterocycles. The van der Waals surface area contributed by atoms with E-state index in [1.165, 1.54) is 16.5 Å². The van der Waals surface area contributed by atoms with Gasteiger partial charge < -0.3 is 0 Å². The number of hydrogen-bond donors (Lipinski definition) is 1. The number of nitrogens with zero attached hydrogens (tertiary/aromatic N) is 2. The first-order valence-corrected chi connectivity index (χ1v) is 10.2. The van der Waals surface area contributed by atoms with Crippen LogP contribution in [0, 0.1) is 0 Å². The van der Waals surface area contributed by atoms with Crippen molar-refractivity contribution in [1.29, 1.82) is 0 Å². The van der Waals surface area contributed by atoms with E-state index in [2.05, 4.69) is 57.6 Å². The van der Waals surface area contributed by atoms with Crippen LogP contribution >= 0.6 is 0 Å². The van der Waals surface area contributed by atoms with Crippen LogP contribution in [0.2, 0.25) is 0 Å². The van der Waals surface area contributed by atoms with Gasteiger partial charge in [-0.25, -0.2) is 4.98 Å². The molecule has 0 radical (unpaired) electrons. The normalized spacial score (nSPS) is 13.7. The molecule has 4 heteroatoms. The SMILES string of the molecule is O=C(CCc1nc(C2Cc3ccccc3C2)n[nH]1)Cc1cccc2ccccc12. The van der Waals surface area contributed by atoms with Gasteiger partial charge in [0.2, 0.25) is 0 Å². The van der Waals surface area contributed by atoms with Gasteiger partial charge in [0, 0.05) is 25.2 Å². The predicted octanol–water partition coefficient (Wildman–Crippen LogP) is 4.58. The Hall–Kier alpha value is -3.27. The predicted molar refractivity (Wildman–Crippen MR) is 114 cm³/mol. The molecule has 3 aromatic carbocycles. The maximum atomic E-state index is 12.6. The number of rotatable bonds is 6. The number of aromatic amines is 1. The first kappa shape index (κ1) is 17.8. The van der Waals surface area contributed by atoms with E-state index in [0.29, 0.717) is 25.2 Å². The van der Waals surface area contributed by atoms with Crippen molar-refractivity contribution in [2.75, 3.05) is 0 Å². The van der Waals surface area contributed by atoms with E-state index in [4.69, 9.17) is 0 Å². The second-order valence-corrected chi connectivity index (χ2v) is 7.87. The summed E-state index contributed by atoms with van der Waals surface area (Å²) in [7, 11) is 0. The minimum atomic E-state index is 0.229. The molecular formula is C25H23N3O. The Morgan fingerprint density at radius 1 is 0.931 bits per heavy atom. The molecule has 0 fully saturated rings. The highest BCUT2D eigenvalue weighted by Crippen LogP contribution is 2.32. The van der Waals surface area contributed by atoms with Crippen LogP contribution in [0.5, 0.6) is 0 Å². The molecule has 0 amide bonds. The van der Waals surface area contributed by atoms with Crippen LogP contribution in [-0.4, -0.2) is 21.0 Å². The molecule has 0 saturated carbocycles. The molecule has 0 unspecified atom stereocenters. The Labute approximate surface area is 170 Å². The Morgan fingerprint density at radius 2 is 1.66 bits per heavy atom. The fraction of sp³-hybridized carbons (Fsp3) is 0.240. The van der Waals surface area contributed by atoms with Crippen LogP contribution in [0.25, 0.3) is 10.8 Å². The van der Waals surface area contributed by atoms with Crippen molar-refractivity contribution in [3.63, 3.8) is 0 Å². The van der Waals surface area contributed by atoms with Crippen LogP contribution in [-0.2, 0) is 30.5 Å². The van der Waals surface area contributed by atoms with Crippen molar-refractivity contribution in [2.24, 2.45) is 0 Å². The molecule has 1 aliphatic rings. The second kappa shape index (κ2) is 7.63. The number of hydrogen-bond acceptors (Lipinski definition) is 3. The van der Waals surface area contributed by atoms with Crippen molar-refractivity contribution in [1.82, 2.24) is 15.2 Å². The highest BCUT2D eigenvalue weighted by molar-refractivity contribution is 5.90. The lowest BCUT2D eigenvalue weighted by molar-refractivity contribution is -0.118. The number of H-pyrrole nitrogens is 1. The van der Waals surface area contributed by atoms with Crippen molar-refractivity contribution in [3.05, 3.63) is 95.1 Å². The Balaban J connectivity index is 1.21. The van der Waals surface area contributed by atoms with E-state index >= 15 is 0 Å². The molecule has 4 aromatic rings. The number of nitrogens with one attached hydrogen (secondary N) is 1. The highest BCUT2D eigenvalue weighted by Gasteiger charge is 2.25. The third kappa shape index (κ3) is 3.70. The van der Waals surface area contributed by atoms with E-state index in [1.54, 1.807) is 0 Å². The van der Waals surface area contributed by atoms with Crippen molar-refractivity contribution in [2.45, 2.75) is 38.0 Å². The maximum absolute atomic E-state index is 12.6. The van der Waals surface area contributed by atoms with Crippen LogP contribution in [0.15, 0.2) is 66.7 Å². The molecule has 0 bridgehead atoms. The molecule has 1 heterocycles. The van der Waals surface area contributed by atoms with E-state index in [1.807, 2.05) is 24.3 Å². The standard InChI is InChI=1S/C25H23N3O/c29-22(16-20-10-5-9-17-6-3-4-11-23(17)20)12-13-24-26-25(28-27-24)21-14-18-7-1-2-8-19(18)15-21/h1-11,21H,12-16H2,(H,26,27,28). The quantitative estimate of drug-likeness (QED) is 0.532. The number of aryl methyl sites for hydroxylation is 1. The summed E-state index contributed by atoms with van der Waals surface area (Å²) in [6.45, 7) is 0. The average molecular weight is 381 g/mol. The molecule has 29 heavy (non-hydrogen) atoms. The average Bonchev–Trinajstić information content (AvgIpc) is 3.39. The number of fused-ring (bicyclic) bond motifs is 2. The number of ketones is 1. The first-order chi connectivity index (χ1) is 14.3. The van der Waals surface area contributed by atoms with Gasteiger partial charge >= 0.3 is 0 Å². The summed E-state index contributed by atoms with van der Waals surface area (Å²) in [6, 6.07) is 22.9. The third-order valence-electron chi connectivity index (χ3n) is 5.87. The largest absolute Gasteiger partial charge is 0.299 e. The number of Topliss-reactive ketones (excluding diaryl/α,β-unsaturated/α-hetero) is 1. The van der Waals surface area contributed by atoms with E-state index in [0.717, 1.165) is 35.4 Å². The van der Waals surface area contributed by atoms with Gasteiger partial charge in [-0.1, -0.05) is 66.7 Å². The molecule has 4 nitrogen and oxygen atoms in total. The molecule has 0 atom stereocenters. The lowest BCUT2D eigenvalue weighted by Gasteiger charge is -2.05. The molecule has 0 spiro atoms. The Bertz CT molecular complexity index is 1150. The lowest BCUT2D eigenvalue weighted by atomic mass is 9.99. The zero-order valence-corrected chi connectivity index (χ0v) is 16.3. The molecule has 5 rings (SSSR count). The van der Waals surface area contributed by atoms with Gasteiger partial charge in [0.15, 0.2) is 5.82 Å². The minimum Gasteiger partial charge on any atom is -0.299 e. The number of benzene rings is 3. The van der Waals surface area contributed by atoms with E-state index in [9.17, 15) is 4.79 Å². The number of carbonyl (C=O) groups excluding carboxylic acids is 1. The second-order valence-electron chi connectivity index (χ2n) is 7.87.